The molecule has 0 radical (unpaired) electrons. The fourth-order valence-corrected chi connectivity index (χ4v) is 6.44. The highest BCUT2D eigenvalue weighted by Gasteiger charge is 2.33. The largest absolute Gasteiger partial charge is 0.352 e. The molecule has 7 nitrogen and oxygen atoms in total. The van der Waals surface area contributed by atoms with Crippen molar-refractivity contribution in [1.29, 1.82) is 0 Å². The summed E-state index contributed by atoms with van der Waals surface area (Å²) in [5, 5.41) is 3.09. The number of para-hydroxylation sites is 1. The summed E-state index contributed by atoms with van der Waals surface area (Å²) in [6.45, 7) is 5.26. The lowest BCUT2D eigenvalue weighted by Crippen LogP contribution is -2.52. The molecule has 4 rings (SSSR count). The summed E-state index contributed by atoms with van der Waals surface area (Å²) in [5.41, 5.74) is 3.10. The molecule has 0 heterocycles. The molecule has 1 fully saturated rings. The first kappa shape index (κ1) is 28.4. The third-order valence-electron chi connectivity index (χ3n) is 7.34. The van der Waals surface area contributed by atoms with Gasteiger partial charge in [-0.2, -0.15) is 0 Å². The van der Waals surface area contributed by atoms with Crippen LogP contribution in [0, 0.1) is 13.8 Å². The van der Waals surface area contributed by atoms with E-state index in [1.165, 1.54) is 17.0 Å². The number of anilines is 1. The van der Waals surface area contributed by atoms with E-state index in [-0.39, 0.29) is 23.4 Å². The smallest absolute Gasteiger partial charge is 0.264 e. The van der Waals surface area contributed by atoms with Crippen LogP contribution in [0.4, 0.5) is 5.69 Å². The van der Waals surface area contributed by atoms with E-state index in [1.807, 2.05) is 50.2 Å². The number of carbonyl (C=O) groups excluding carboxylic acids is 2. The summed E-state index contributed by atoms with van der Waals surface area (Å²) in [6, 6.07) is 22.3. The Morgan fingerprint density at radius 2 is 1.51 bits per heavy atom. The summed E-state index contributed by atoms with van der Waals surface area (Å²) >= 11 is 0. The maximum absolute atomic E-state index is 14.0. The lowest BCUT2D eigenvalue weighted by atomic mass is 10.1. The van der Waals surface area contributed by atoms with Gasteiger partial charge in [-0.25, -0.2) is 8.42 Å². The number of amides is 2. The van der Waals surface area contributed by atoms with E-state index in [2.05, 4.69) is 5.32 Å². The zero-order valence-electron chi connectivity index (χ0n) is 22.8. The topological polar surface area (TPSA) is 86.8 Å². The van der Waals surface area contributed by atoms with E-state index in [0.29, 0.717) is 5.69 Å². The minimum Gasteiger partial charge on any atom is -0.352 e. The quantitative estimate of drug-likeness (QED) is 0.388. The average molecular weight is 548 g/mol. The van der Waals surface area contributed by atoms with E-state index in [1.54, 1.807) is 37.3 Å². The summed E-state index contributed by atoms with van der Waals surface area (Å²) in [7, 11) is -4.06. The number of benzene rings is 3. The second-order valence-corrected chi connectivity index (χ2v) is 12.1. The van der Waals surface area contributed by atoms with Gasteiger partial charge in [-0.15, -0.1) is 0 Å². The second-order valence-electron chi connectivity index (χ2n) is 10.3. The molecular weight excluding hydrogens is 510 g/mol. The van der Waals surface area contributed by atoms with Gasteiger partial charge in [0.15, 0.2) is 0 Å². The number of carbonyl (C=O) groups is 2. The first-order chi connectivity index (χ1) is 18.7. The zero-order valence-corrected chi connectivity index (χ0v) is 23.7. The molecule has 0 aliphatic heterocycles. The zero-order chi connectivity index (χ0) is 28.0. The fraction of sp³-hybridized carbons (Fsp3) is 0.355. The Morgan fingerprint density at radius 3 is 2.15 bits per heavy atom. The Kier molecular flexibility index (Phi) is 9.07. The minimum atomic E-state index is -4.06. The maximum atomic E-state index is 14.0. The van der Waals surface area contributed by atoms with Crippen LogP contribution in [0.25, 0.3) is 0 Å². The maximum Gasteiger partial charge on any atom is 0.264 e. The summed E-state index contributed by atoms with van der Waals surface area (Å²) < 4.78 is 28.9. The van der Waals surface area contributed by atoms with Crippen LogP contribution in [0.3, 0.4) is 0 Å². The van der Waals surface area contributed by atoms with Gasteiger partial charge in [-0.3, -0.25) is 13.9 Å². The van der Waals surface area contributed by atoms with Crippen LogP contribution in [0.1, 0.15) is 49.3 Å². The molecule has 1 aliphatic rings. The first-order valence-corrected chi connectivity index (χ1v) is 14.9. The van der Waals surface area contributed by atoms with E-state index in [0.717, 1.165) is 46.7 Å². The molecule has 0 spiro atoms. The van der Waals surface area contributed by atoms with Gasteiger partial charge in [0.25, 0.3) is 10.0 Å². The molecule has 206 valence electrons. The standard InChI is InChI=1S/C31H37N3O4S/c1-23-17-19-26(20-18-23)21-33(25(3)31(36)32-27-12-8-9-13-27)30(35)22-34(29-16-10-7-11-24(29)2)39(37,38)28-14-5-4-6-15-28/h4-7,10-11,14-20,25,27H,8-9,12-13,21-22H2,1-3H3,(H,32,36). The normalized spacial score (nSPS) is 14.5. The van der Waals surface area contributed by atoms with E-state index in [4.69, 9.17) is 0 Å². The Balaban J connectivity index is 1.68. The molecule has 0 saturated heterocycles. The molecule has 8 heteroatoms. The molecule has 1 saturated carbocycles. The van der Waals surface area contributed by atoms with Gasteiger partial charge in [0.1, 0.15) is 12.6 Å². The number of rotatable bonds is 10. The number of hydrogen-bond acceptors (Lipinski definition) is 4. The van der Waals surface area contributed by atoms with Gasteiger partial charge in [-0.05, 0) is 62.9 Å². The number of hydrogen-bond donors (Lipinski definition) is 1. The number of aryl methyl sites for hydroxylation is 2. The van der Waals surface area contributed by atoms with Crippen molar-refractivity contribution in [3.05, 3.63) is 95.6 Å². The van der Waals surface area contributed by atoms with Crippen LogP contribution in [0.15, 0.2) is 83.8 Å². The third kappa shape index (κ3) is 6.87. The summed E-state index contributed by atoms with van der Waals surface area (Å²) in [5.74, 6) is -0.678. The van der Waals surface area contributed by atoms with Gasteiger partial charge >= 0.3 is 0 Å². The number of sulfonamides is 1. The van der Waals surface area contributed by atoms with E-state index >= 15 is 0 Å². The SMILES string of the molecule is Cc1ccc(CN(C(=O)CN(c2ccccc2C)S(=O)(=O)c2ccccc2)C(C)C(=O)NC2CCCC2)cc1. The molecule has 1 N–H and O–H groups in total. The highest BCUT2D eigenvalue weighted by molar-refractivity contribution is 7.92. The Hall–Kier alpha value is -3.65. The molecule has 39 heavy (non-hydrogen) atoms. The van der Waals surface area contributed by atoms with Crippen molar-refractivity contribution in [2.75, 3.05) is 10.8 Å². The lowest BCUT2D eigenvalue weighted by Gasteiger charge is -2.33. The molecule has 3 aromatic carbocycles. The Morgan fingerprint density at radius 1 is 0.897 bits per heavy atom. The predicted molar refractivity (Wildman–Crippen MR) is 154 cm³/mol. The van der Waals surface area contributed by atoms with Crippen molar-refractivity contribution in [3.8, 4) is 0 Å². The van der Waals surface area contributed by atoms with Gasteiger partial charge < -0.3 is 10.2 Å². The van der Waals surface area contributed by atoms with Crippen molar-refractivity contribution in [1.82, 2.24) is 10.2 Å². The Bertz CT molecular complexity index is 1380. The molecule has 0 aromatic heterocycles. The molecular formula is C31H37N3O4S. The first-order valence-electron chi connectivity index (χ1n) is 13.5. The number of nitrogens with one attached hydrogen (secondary N) is 1. The van der Waals surface area contributed by atoms with Crippen molar-refractivity contribution >= 4 is 27.5 Å². The summed E-state index contributed by atoms with van der Waals surface area (Å²) in [4.78, 5) is 28.9. The van der Waals surface area contributed by atoms with Crippen molar-refractivity contribution in [2.45, 2.75) is 70.0 Å². The summed E-state index contributed by atoms with van der Waals surface area (Å²) in [6.07, 6.45) is 4.02. The van der Waals surface area contributed by atoms with Crippen molar-refractivity contribution in [3.63, 3.8) is 0 Å². The van der Waals surface area contributed by atoms with Crippen molar-refractivity contribution < 1.29 is 18.0 Å². The molecule has 0 bridgehead atoms. The highest BCUT2D eigenvalue weighted by Crippen LogP contribution is 2.27. The predicted octanol–water partition coefficient (Wildman–Crippen LogP) is 4.97. The van der Waals surface area contributed by atoms with Crippen LogP contribution >= 0.6 is 0 Å². The average Bonchev–Trinajstić information content (AvgIpc) is 3.45. The van der Waals surface area contributed by atoms with Crippen LogP contribution in [-0.2, 0) is 26.2 Å². The van der Waals surface area contributed by atoms with E-state index < -0.39 is 28.5 Å². The van der Waals surface area contributed by atoms with Crippen LogP contribution < -0.4 is 9.62 Å². The highest BCUT2D eigenvalue weighted by atomic mass is 32.2. The second kappa shape index (κ2) is 12.5. The van der Waals surface area contributed by atoms with Crippen molar-refractivity contribution in [2.24, 2.45) is 0 Å². The van der Waals surface area contributed by atoms with Gasteiger partial charge in [-0.1, -0.05) is 79.1 Å². The molecule has 3 aromatic rings. The van der Waals surface area contributed by atoms with Crippen LogP contribution in [0.5, 0.6) is 0 Å². The van der Waals surface area contributed by atoms with Crippen LogP contribution in [0.2, 0.25) is 0 Å². The number of nitrogens with zero attached hydrogens (tertiary/aromatic N) is 2. The van der Waals surface area contributed by atoms with Gasteiger partial charge in [0.2, 0.25) is 11.8 Å². The fourth-order valence-electron chi connectivity index (χ4n) is 4.94. The van der Waals surface area contributed by atoms with Crippen LogP contribution in [-0.4, -0.2) is 43.8 Å². The molecule has 1 unspecified atom stereocenters. The third-order valence-corrected chi connectivity index (χ3v) is 9.11. The monoisotopic (exact) mass is 547 g/mol. The minimum absolute atomic E-state index is 0.0955. The van der Waals surface area contributed by atoms with E-state index in [9.17, 15) is 18.0 Å². The Labute approximate surface area is 231 Å². The molecule has 1 atom stereocenters. The van der Waals surface area contributed by atoms with Gasteiger partial charge in [0.05, 0.1) is 10.6 Å². The molecule has 2 amide bonds. The molecule has 1 aliphatic carbocycles. The van der Waals surface area contributed by atoms with Gasteiger partial charge in [0, 0.05) is 12.6 Å². The lowest BCUT2D eigenvalue weighted by molar-refractivity contribution is -0.139.